The predicted octanol–water partition coefficient (Wildman–Crippen LogP) is 2.38. The Morgan fingerprint density at radius 2 is 1.92 bits per heavy atom. The van der Waals surface area contributed by atoms with Crippen LogP contribution >= 0.6 is 0 Å². The van der Waals surface area contributed by atoms with E-state index in [4.69, 9.17) is 4.74 Å². The van der Waals surface area contributed by atoms with Gasteiger partial charge in [0, 0.05) is 37.6 Å². The minimum atomic E-state index is -0.340. The van der Waals surface area contributed by atoms with Gasteiger partial charge in [0.05, 0.1) is 0 Å². The van der Waals surface area contributed by atoms with Gasteiger partial charge in [-0.2, -0.15) is 0 Å². The quantitative estimate of drug-likeness (QED) is 0.571. The molecule has 2 rings (SSSR count). The number of ether oxygens (including phenoxy) is 1. The van der Waals surface area contributed by atoms with E-state index in [9.17, 15) is 9.59 Å². The normalized spacial score (nSPS) is 10.2. The molecule has 0 aliphatic rings. The Morgan fingerprint density at radius 3 is 2.58 bits per heavy atom. The summed E-state index contributed by atoms with van der Waals surface area (Å²) in [5.74, 6) is 0.221. The topological polar surface area (TPSA) is 93.2 Å². The van der Waals surface area contributed by atoms with Crippen molar-refractivity contribution in [3.05, 3.63) is 47.9 Å². The van der Waals surface area contributed by atoms with Crippen LogP contribution in [0.5, 0.6) is 0 Å². The van der Waals surface area contributed by atoms with Crippen molar-refractivity contribution in [2.45, 2.75) is 13.3 Å². The number of anilines is 2. The van der Waals surface area contributed by atoms with E-state index >= 15 is 0 Å². The van der Waals surface area contributed by atoms with Crippen LogP contribution in [0.15, 0.2) is 36.7 Å². The molecule has 0 bridgehead atoms. The van der Waals surface area contributed by atoms with E-state index in [1.807, 2.05) is 0 Å². The van der Waals surface area contributed by atoms with Gasteiger partial charge in [-0.25, -0.2) is 9.97 Å². The Labute approximate surface area is 140 Å². The molecule has 126 valence electrons. The van der Waals surface area contributed by atoms with Crippen molar-refractivity contribution in [3.8, 4) is 0 Å². The number of nitrogens with zero attached hydrogens (tertiary/aromatic N) is 2. The van der Waals surface area contributed by atoms with Gasteiger partial charge in [0.2, 0.25) is 0 Å². The van der Waals surface area contributed by atoms with Crippen molar-refractivity contribution in [2.24, 2.45) is 0 Å². The third-order valence-corrected chi connectivity index (χ3v) is 3.28. The van der Waals surface area contributed by atoms with Crippen molar-refractivity contribution in [1.82, 2.24) is 9.97 Å². The maximum Gasteiger partial charge on any atom is 0.274 e. The van der Waals surface area contributed by atoms with Crippen LogP contribution in [0, 0.1) is 0 Å². The van der Waals surface area contributed by atoms with Gasteiger partial charge in [0.1, 0.15) is 17.8 Å². The molecule has 1 heterocycles. The molecule has 2 aromatic rings. The maximum atomic E-state index is 12.2. The number of hydrogen-bond donors (Lipinski definition) is 2. The lowest BCUT2D eigenvalue weighted by Crippen LogP contribution is -2.15. The van der Waals surface area contributed by atoms with Crippen LogP contribution in [0.25, 0.3) is 0 Å². The highest BCUT2D eigenvalue weighted by Crippen LogP contribution is 2.12. The van der Waals surface area contributed by atoms with E-state index in [0.29, 0.717) is 30.2 Å². The molecule has 2 N–H and O–H groups in total. The van der Waals surface area contributed by atoms with Crippen molar-refractivity contribution < 1.29 is 14.3 Å². The maximum absolute atomic E-state index is 12.2. The highest BCUT2D eigenvalue weighted by atomic mass is 16.5. The molecule has 0 radical (unpaired) electrons. The minimum absolute atomic E-state index is 0.0205. The number of rotatable bonds is 8. The fraction of sp³-hybridized carbons (Fsp3) is 0.294. The Morgan fingerprint density at radius 1 is 1.17 bits per heavy atom. The molecule has 0 atom stereocenters. The number of Topliss-reactive ketones (excluding diaryl/α,β-unsaturated/α-hetero) is 1. The lowest BCUT2D eigenvalue weighted by atomic mass is 10.1. The smallest absolute Gasteiger partial charge is 0.274 e. The molecular weight excluding hydrogens is 308 g/mol. The lowest BCUT2D eigenvalue weighted by Gasteiger charge is -2.08. The SMILES string of the molecule is COCCCNc1cc(C(=O)Nc2ccc(C(C)=O)cc2)ncn1. The van der Waals surface area contributed by atoms with Crippen LogP contribution in [0.4, 0.5) is 11.5 Å². The molecule has 0 fully saturated rings. The van der Waals surface area contributed by atoms with Crippen molar-refractivity contribution in [1.29, 1.82) is 0 Å². The van der Waals surface area contributed by atoms with Crippen molar-refractivity contribution in [3.63, 3.8) is 0 Å². The van der Waals surface area contributed by atoms with E-state index in [1.54, 1.807) is 37.4 Å². The number of nitrogens with one attached hydrogen (secondary N) is 2. The Balaban J connectivity index is 1.97. The molecule has 7 nitrogen and oxygen atoms in total. The van der Waals surface area contributed by atoms with E-state index in [-0.39, 0.29) is 17.4 Å². The number of carbonyl (C=O) groups excluding carboxylic acids is 2. The molecule has 0 unspecified atom stereocenters. The fourth-order valence-electron chi connectivity index (χ4n) is 1.99. The van der Waals surface area contributed by atoms with Gasteiger partial charge < -0.3 is 15.4 Å². The van der Waals surface area contributed by atoms with Crippen LogP contribution in [0.1, 0.15) is 34.2 Å². The summed E-state index contributed by atoms with van der Waals surface area (Å²) in [4.78, 5) is 31.6. The zero-order valence-electron chi connectivity index (χ0n) is 13.7. The molecule has 1 aromatic heterocycles. The summed E-state index contributed by atoms with van der Waals surface area (Å²) >= 11 is 0. The first-order valence-corrected chi connectivity index (χ1v) is 7.57. The summed E-state index contributed by atoms with van der Waals surface area (Å²) in [6.45, 7) is 2.84. The van der Waals surface area contributed by atoms with Gasteiger partial charge in [-0.15, -0.1) is 0 Å². The molecule has 7 heteroatoms. The zero-order valence-corrected chi connectivity index (χ0v) is 13.7. The molecule has 1 amide bonds. The number of methoxy groups -OCH3 is 1. The second kappa shape index (κ2) is 8.73. The second-order valence-electron chi connectivity index (χ2n) is 5.15. The van der Waals surface area contributed by atoms with Gasteiger partial charge in [0.15, 0.2) is 5.78 Å². The number of ketones is 1. The Bertz CT molecular complexity index is 701. The van der Waals surface area contributed by atoms with E-state index in [2.05, 4.69) is 20.6 Å². The average molecular weight is 328 g/mol. The summed E-state index contributed by atoms with van der Waals surface area (Å²) in [7, 11) is 1.65. The van der Waals surface area contributed by atoms with E-state index < -0.39 is 0 Å². The molecule has 0 spiro atoms. The number of amides is 1. The Hall–Kier alpha value is -2.80. The highest BCUT2D eigenvalue weighted by molar-refractivity contribution is 6.03. The van der Waals surface area contributed by atoms with Gasteiger partial charge in [0.25, 0.3) is 5.91 Å². The molecule has 24 heavy (non-hydrogen) atoms. The van der Waals surface area contributed by atoms with Gasteiger partial charge in [-0.3, -0.25) is 9.59 Å². The van der Waals surface area contributed by atoms with Crippen LogP contribution in [-0.4, -0.2) is 41.9 Å². The summed E-state index contributed by atoms with van der Waals surface area (Å²) in [5, 5.41) is 5.85. The van der Waals surface area contributed by atoms with Crippen LogP contribution in [-0.2, 0) is 4.74 Å². The van der Waals surface area contributed by atoms with Crippen LogP contribution < -0.4 is 10.6 Å². The van der Waals surface area contributed by atoms with E-state index in [0.717, 1.165) is 6.42 Å². The first-order chi connectivity index (χ1) is 11.6. The lowest BCUT2D eigenvalue weighted by molar-refractivity contribution is 0.101. The highest BCUT2D eigenvalue weighted by Gasteiger charge is 2.09. The average Bonchev–Trinajstić information content (AvgIpc) is 2.59. The van der Waals surface area contributed by atoms with Gasteiger partial charge in [-0.1, -0.05) is 0 Å². The summed E-state index contributed by atoms with van der Waals surface area (Å²) < 4.78 is 4.97. The standard InChI is InChI=1S/C17H20N4O3/c1-12(22)13-4-6-14(7-5-13)21-17(23)15-10-16(20-11-19-15)18-8-3-9-24-2/h4-7,10-11H,3,8-9H2,1-2H3,(H,21,23)(H,18,19,20). The summed E-state index contributed by atoms with van der Waals surface area (Å²) in [6.07, 6.45) is 2.18. The molecule has 0 saturated carbocycles. The van der Waals surface area contributed by atoms with Crippen molar-refractivity contribution >= 4 is 23.2 Å². The number of aromatic nitrogens is 2. The van der Waals surface area contributed by atoms with Crippen LogP contribution in [0.3, 0.4) is 0 Å². The number of benzene rings is 1. The molecular formula is C17H20N4O3. The third kappa shape index (κ3) is 5.13. The first kappa shape index (κ1) is 17.6. The summed E-state index contributed by atoms with van der Waals surface area (Å²) in [6, 6.07) is 8.28. The van der Waals surface area contributed by atoms with E-state index in [1.165, 1.54) is 13.3 Å². The monoisotopic (exact) mass is 328 g/mol. The predicted molar refractivity (Wildman–Crippen MR) is 91.4 cm³/mol. The fourth-order valence-corrected chi connectivity index (χ4v) is 1.99. The van der Waals surface area contributed by atoms with Crippen molar-refractivity contribution in [2.75, 3.05) is 30.9 Å². The third-order valence-electron chi connectivity index (χ3n) is 3.28. The first-order valence-electron chi connectivity index (χ1n) is 7.57. The van der Waals surface area contributed by atoms with Gasteiger partial charge in [-0.05, 0) is 37.6 Å². The molecule has 0 aliphatic heterocycles. The second-order valence-corrected chi connectivity index (χ2v) is 5.15. The molecule has 0 aliphatic carbocycles. The minimum Gasteiger partial charge on any atom is -0.385 e. The molecule has 0 saturated heterocycles. The Kier molecular flexibility index (Phi) is 6.39. The molecule has 1 aromatic carbocycles. The number of carbonyl (C=O) groups is 2. The van der Waals surface area contributed by atoms with Crippen LogP contribution in [0.2, 0.25) is 0 Å². The summed E-state index contributed by atoms with van der Waals surface area (Å²) in [5.41, 5.74) is 1.45. The largest absolute Gasteiger partial charge is 0.385 e. The zero-order chi connectivity index (χ0) is 17.4. The number of hydrogen-bond acceptors (Lipinski definition) is 6. The van der Waals surface area contributed by atoms with Gasteiger partial charge >= 0.3 is 0 Å².